The van der Waals surface area contributed by atoms with E-state index in [1.54, 1.807) is 12.3 Å². The minimum Gasteiger partial charge on any atom is -0.489 e. The summed E-state index contributed by atoms with van der Waals surface area (Å²) in [7, 11) is -1.49. The number of pyridine rings is 1. The highest BCUT2D eigenvalue weighted by Crippen LogP contribution is 2.26. The third-order valence-corrected chi connectivity index (χ3v) is 3.30. The van der Waals surface area contributed by atoms with Gasteiger partial charge in [0.2, 0.25) is 0 Å². The fourth-order valence-electron chi connectivity index (χ4n) is 2.18. The van der Waals surface area contributed by atoms with Gasteiger partial charge in [-0.05, 0) is 37.7 Å². The van der Waals surface area contributed by atoms with Crippen molar-refractivity contribution in [2.45, 2.75) is 38.7 Å². The van der Waals surface area contributed by atoms with Gasteiger partial charge in [-0.15, -0.1) is 0 Å². The average Bonchev–Trinajstić information content (AvgIpc) is 2.32. The molecular weight excluding hydrogens is 217 g/mol. The van der Waals surface area contributed by atoms with Crippen molar-refractivity contribution >= 4 is 12.6 Å². The Balaban J connectivity index is 1.96. The maximum Gasteiger partial charge on any atom is 0.490 e. The molecule has 1 aromatic rings. The molecule has 5 heteroatoms. The predicted octanol–water partition coefficient (Wildman–Crippen LogP) is 0.719. The van der Waals surface area contributed by atoms with Crippen molar-refractivity contribution in [3.63, 3.8) is 0 Å². The van der Waals surface area contributed by atoms with Crippen LogP contribution >= 0.6 is 0 Å². The van der Waals surface area contributed by atoms with Gasteiger partial charge >= 0.3 is 7.12 Å². The molecule has 92 valence electrons. The van der Waals surface area contributed by atoms with E-state index in [0.29, 0.717) is 11.2 Å². The molecule has 1 saturated carbocycles. The van der Waals surface area contributed by atoms with Crippen LogP contribution in [0.3, 0.4) is 0 Å². The molecule has 0 saturated heterocycles. The molecule has 1 aliphatic carbocycles. The second kappa shape index (κ2) is 5.51. The number of ether oxygens (including phenoxy) is 1. The predicted molar refractivity (Wildman–Crippen MR) is 66.1 cm³/mol. The first kappa shape index (κ1) is 12.4. The highest BCUT2D eigenvalue weighted by atomic mass is 16.5. The van der Waals surface area contributed by atoms with Crippen molar-refractivity contribution in [1.29, 1.82) is 0 Å². The second-order valence-electron chi connectivity index (χ2n) is 4.83. The Labute approximate surface area is 102 Å². The van der Waals surface area contributed by atoms with Crippen LogP contribution in [0, 0.1) is 5.92 Å². The van der Waals surface area contributed by atoms with Gasteiger partial charge in [0.25, 0.3) is 0 Å². The molecule has 1 fully saturated rings. The second-order valence-corrected chi connectivity index (χ2v) is 4.83. The molecule has 0 aromatic carbocycles. The molecule has 0 atom stereocenters. The van der Waals surface area contributed by atoms with Gasteiger partial charge < -0.3 is 14.8 Å². The number of hydrogen-bond donors (Lipinski definition) is 2. The topological polar surface area (TPSA) is 62.6 Å². The lowest BCUT2D eigenvalue weighted by Crippen LogP contribution is -2.30. The van der Waals surface area contributed by atoms with E-state index in [2.05, 4.69) is 11.9 Å². The summed E-state index contributed by atoms with van der Waals surface area (Å²) in [5, 5.41) is 18.1. The Morgan fingerprint density at radius 1 is 1.24 bits per heavy atom. The number of nitrogens with zero attached hydrogens (tertiary/aromatic N) is 1. The fraction of sp³-hybridized carbons (Fsp3) is 0.583. The highest BCUT2D eigenvalue weighted by Gasteiger charge is 2.20. The molecule has 17 heavy (non-hydrogen) atoms. The lowest BCUT2D eigenvalue weighted by molar-refractivity contribution is 0.135. The SMILES string of the molecule is CC1CCC(Oc2cncc(B(O)O)c2)CC1. The molecule has 0 aliphatic heterocycles. The third kappa shape index (κ3) is 3.44. The van der Waals surface area contributed by atoms with E-state index in [9.17, 15) is 0 Å². The van der Waals surface area contributed by atoms with Gasteiger partial charge in [0.1, 0.15) is 5.75 Å². The summed E-state index contributed by atoms with van der Waals surface area (Å²) < 4.78 is 5.81. The van der Waals surface area contributed by atoms with Crippen LogP contribution in [0.5, 0.6) is 5.75 Å². The number of aromatic nitrogens is 1. The maximum atomic E-state index is 9.05. The highest BCUT2D eigenvalue weighted by molar-refractivity contribution is 6.58. The number of hydrogen-bond acceptors (Lipinski definition) is 4. The van der Waals surface area contributed by atoms with Crippen LogP contribution in [0.2, 0.25) is 0 Å². The minimum absolute atomic E-state index is 0.235. The molecule has 1 aliphatic rings. The van der Waals surface area contributed by atoms with Crippen LogP contribution < -0.4 is 10.2 Å². The van der Waals surface area contributed by atoms with Crippen LogP contribution in [0.1, 0.15) is 32.6 Å². The average molecular weight is 235 g/mol. The van der Waals surface area contributed by atoms with Gasteiger partial charge in [0, 0.05) is 11.7 Å². The third-order valence-electron chi connectivity index (χ3n) is 3.30. The van der Waals surface area contributed by atoms with E-state index in [1.807, 2.05) is 0 Å². The molecule has 0 unspecified atom stereocenters. The Kier molecular flexibility index (Phi) is 4.02. The lowest BCUT2D eigenvalue weighted by atomic mass is 9.82. The van der Waals surface area contributed by atoms with E-state index < -0.39 is 7.12 Å². The van der Waals surface area contributed by atoms with Crippen LogP contribution in [0.25, 0.3) is 0 Å². The summed E-state index contributed by atoms with van der Waals surface area (Å²) in [4.78, 5) is 3.94. The molecule has 0 bridgehead atoms. The van der Waals surface area contributed by atoms with Crippen molar-refractivity contribution in [2.75, 3.05) is 0 Å². The molecule has 1 heterocycles. The number of rotatable bonds is 3. The summed E-state index contributed by atoms with van der Waals surface area (Å²) >= 11 is 0. The Hall–Kier alpha value is -1.07. The van der Waals surface area contributed by atoms with Crippen molar-refractivity contribution in [3.05, 3.63) is 18.5 Å². The van der Waals surface area contributed by atoms with E-state index >= 15 is 0 Å². The molecule has 0 amide bonds. The fourth-order valence-corrected chi connectivity index (χ4v) is 2.18. The van der Waals surface area contributed by atoms with Crippen LogP contribution in [0.4, 0.5) is 0 Å². The van der Waals surface area contributed by atoms with Crippen LogP contribution in [0.15, 0.2) is 18.5 Å². The zero-order valence-electron chi connectivity index (χ0n) is 10.0. The molecule has 2 rings (SSSR count). The van der Waals surface area contributed by atoms with Gasteiger partial charge in [-0.25, -0.2) is 0 Å². The van der Waals surface area contributed by atoms with Crippen molar-refractivity contribution in [2.24, 2.45) is 5.92 Å². The maximum absolute atomic E-state index is 9.05. The standard InChI is InChI=1S/C12H18BNO3/c1-9-2-4-11(5-3-9)17-12-6-10(13(15)16)7-14-8-12/h6-9,11,15-16H,2-5H2,1H3. The molecule has 0 radical (unpaired) electrons. The Morgan fingerprint density at radius 3 is 2.59 bits per heavy atom. The first-order valence-electron chi connectivity index (χ1n) is 6.13. The van der Waals surface area contributed by atoms with E-state index in [1.165, 1.54) is 19.0 Å². The quantitative estimate of drug-likeness (QED) is 0.757. The first-order valence-corrected chi connectivity index (χ1v) is 6.13. The summed E-state index contributed by atoms with van der Waals surface area (Å²) in [6.07, 6.45) is 7.80. The zero-order chi connectivity index (χ0) is 12.3. The summed E-state index contributed by atoms with van der Waals surface area (Å²) in [6.45, 7) is 2.26. The first-order chi connectivity index (χ1) is 8.15. The van der Waals surface area contributed by atoms with Crippen LogP contribution in [-0.2, 0) is 0 Å². The molecule has 1 aromatic heterocycles. The van der Waals surface area contributed by atoms with E-state index in [0.717, 1.165) is 18.8 Å². The monoisotopic (exact) mass is 235 g/mol. The van der Waals surface area contributed by atoms with Gasteiger partial charge in [-0.1, -0.05) is 6.92 Å². The Bertz CT molecular complexity index is 365. The molecular formula is C12H18BNO3. The van der Waals surface area contributed by atoms with Gasteiger partial charge in [0.05, 0.1) is 12.3 Å². The lowest BCUT2D eigenvalue weighted by Gasteiger charge is -2.26. The largest absolute Gasteiger partial charge is 0.490 e. The summed E-state index contributed by atoms with van der Waals surface area (Å²) in [5.74, 6) is 1.41. The van der Waals surface area contributed by atoms with Crippen molar-refractivity contribution in [1.82, 2.24) is 4.98 Å². The summed E-state index contributed by atoms with van der Waals surface area (Å²) in [5.41, 5.74) is 0.367. The van der Waals surface area contributed by atoms with Crippen molar-refractivity contribution < 1.29 is 14.8 Å². The molecule has 0 spiro atoms. The normalized spacial score (nSPS) is 24.4. The molecule has 2 N–H and O–H groups in total. The van der Waals surface area contributed by atoms with Gasteiger partial charge in [0.15, 0.2) is 0 Å². The zero-order valence-corrected chi connectivity index (χ0v) is 10.0. The van der Waals surface area contributed by atoms with Gasteiger partial charge in [-0.3, -0.25) is 4.98 Å². The Morgan fingerprint density at radius 2 is 1.94 bits per heavy atom. The molecule has 4 nitrogen and oxygen atoms in total. The van der Waals surface area contributed by atoms with E-state index in [4.69, 9.17) is 14.8 Å². The van der Waals surface area contributed by atoms with Crippen LogP contribution in [-0.4, -0.2) is 28.3 Å². The van der Waals surface area contributed by atoms with E-state index in [-0.39, 0.29) is 6.10 Å². The van der Waals surface area contributed by atoms with Gasteiger partial charge in [-0.2, -0.15) is 0 Å². The minimum atomic E-state index is -1.49. The van der Waals surface area contributed by atoms with Crippen molar-refractivity contribution in [3.8, 4) is 5.75 Å². The summed E-state index contributed by atoms with van der Waals surface area (Å²) in [6, 6.07) is 1.63. The smallest absolute Gasteiger partial charge is 0.489 e.